The zero-order valence-corrected chi connectivity index (χ0v) is 17.3. The maximum absolute atomic E-state index is 12.8. The van der Waals surface area contributed by atoms with Crippen molar-refractivity contribution in [3.8, 4) is 11.3 Å². The molecule has 152 valence electrons. The summed E-state index contributed by atoms with van der Waals surface area (Å²) in [5, 5.41) is 1.55. The second-order valence-corrected chi connectivity index (χ2v) is 7.97. The standard InChI is InChI=1S/C24H22N2O4/c1-24(2,3)30-23(28)26-14-18(16-10-6-8-12-21(16)26)20-13-17(22(27)29-4)15-9-5-7-11-19(15)25-20/h5-14H,1-4H3. The van der Waals surface area contributed by atoms with Crippen LogP contribution in [0.15, 0.2) is 60.8 Å². The van der Waals surface area contributed by atoms with Crippen molar-refractivity contribution in [3.63, 3.8) is 0 Å². The van der Waals surface area contributed by atoms with Crippen LogP contribution < -0.4 is 0 Å². The molecule has 2 aromatic heterocycles. The van der Waals surface area contributed by atoms with E-state index in [1.807, 2.05) is 69.3 Å². The molecule has 6 nitrogen and oxygen atoms in total. The maximum Gasteiger partial charge on any atom is 0.419 e. The van der Waals surface area contributed by atoms with Gasteiger partial charge in [0.05, 0.1) is 29.4 Å². The molecular weight excluding hydrogens is 380 g/mol. The normalized spacial score (nSPS) is 11.6. The van der Waals surface area contributed by atoms with Crippen LogP contribution in [-0.2, 0) is 9.47 Å². The largest absolute Gasteiger partial charge is 0.465 e. The lowest BCUT2D eigenvalue weighted by molar-refractivity contribution is 0.0543. The molecule has 0 aliphatic carbocycles. The fraction of sp³-hybridized carbons (Fsp3) is 0.208. The second kappa shape index (κ2) is 7.30. The predicted octanol–water partition coefficient (Wildman–Crippen LogP) is 5.43. The van der Waals surface area contributed by atoms with Gasteiger partial charge in [-0.15, -0.1) is 0 Å². The van der Waals surface area contributed by atoms with Gasteiger partial charge in [-0.3, -0.25) is 4.57 Å². The number of methoxy groups -OCH3 is 1. The number of rotatable bonds is 2. The molecule has 0 atom stereocenters. The summed E-state index contributed by atoms with van der Waals surface area (Å²) in [6.45, 7) is 5.47. The molecular formula is C24H22N2O4. The fourth-order valence-corrected chi connectivity index (χ4v) is 3.44. The van der Waals surface area contributed by atoms with Gasteiger partial charge < -0.3 is 9.47 Å². The molecule has 2 heterocycles. The Morgan fingerprint density at radius 3 is 2.33 bits per heavy atom. The number of para-hydroxylation sites is 2. The fourth-order valence-electron chi connectivity index (χ4n) is 3.44. The van der Waals surface area contributed by atoms with E-state index in [-0.39, 0.29) is 0 Å². The molecule has 4 aromatic rings. The molecule has 0 bridgehead atoms. The number of ether oxygens (including phenoxy) is 2. The summed E-state index contributed by atoms with van der Waals surface area (Å²) >= 11 is 0. The van der Waals surface area contributed by atoms with Crippen LogP contribution in [0, 0.1) is 0 Å². The lowest BCUT2D eigenvalue weighted by Crippen LogP contribution is -2.26. The number of esters is 1. The summed E-state index contributed by atoms with van der Waals surface area (Å²) in [4.78, 5) is 30.0. The van der Waals surface area contributed by atoms with E-state index in [1.165, 1.54) is 11.7 Å². The molecule has 0 unspecified atom stereocenters. The summed E-state index contributed by atoms with van der Waals surface area (Å²) in [6, 6.07) is 16.6. The first kappa shape index (κ1) is 19.6. The minimum Gasteiger partial charge on any atom is -0.465 e. The van der Waals surface area contributed by atoms with Gasteiger partial charge in [-0.1, -0.05) is 36.4 Å². The van der Waals surface area contributed by atoms with Crippen molar-refractivity contribution < 1.29 is 19.1 Å². The second-order valence-electron chi connectivity index (χ2n) is 7.97. The van der Waals surface area contributed by atoms with Gasteiger partial charge >= 0.3 is 12.1 Å². The van der Waals surface area contributed by atoms with Crippen molar-refractivity contribution in [2.45, 2.75) is 26.4 Å². The highest BCUT2D eigenvalue weighted by atomic mass is 16.6. The van der Waals surface area contributed by atoms with Crippen LogP contribution >= 0.6 is 0 Å². The Morgan fingerprint density at radius 2 is 1.63 bits per heavy atom. The van der Waals surface area contributed by atoms with Crippen LogP contribution in [0.4, 0.5) is 4.79 Å². The van der Waals surface area contributed by atoms with Gasteiger partial charge in [0.15, 0.2) is 0 Å². The summed E-state index contributed by atoms with van der Waals surface area (Å²) in [7, 11) is 1.35. The maximum atomic E-state index is 12.8. The van der Waals surface area contributed by atoms with Crippen molar-refractivity contribution in [1.82, 2.24) is 9.55 Å². The molecule has 6 heteroatoms. The molecule has 2 aromatic carbocycles. The van der Waals surface area contributed by atoms with Crippen LogP contribution in [0.25, 0.3) is 33.1 Å². The Bertz CT molecular complexity index is 1280. The Balaban J connectivity index is 1.95. The first-order valence-electron chi connectivity index (χ1n) is 9.60. The highest BCUT2D eigenvalue weighted by Gasteiger charge is 2.22. The molecule has 0 fully saturated rings. The summed E-state index contributed by atoms with van der Waals surface area (Å²) in [5.74, 6) is -0.439. The smallest absolute Gasteiger partial charge is 0.419 e. The first-order chi connectivity index (χ1) is 14.3. The number of nitrogens with zero attached hydrogens (tertiary/aromatic N) is 2. The number of hydrogen-bond acceptors (Lipinski definition) is 5. The molecule has 0 amide bonds. The van der Waals surface area contributed by atoms with E-state index in [1.54, 1.807) is 12.3 Å². The number of benzene rings is 2. The van der Waals surface area contributed by atoms with E-state index in [4.69, 9.17) is 14.5 Å². The number of carbonyl (C=O) groups is 2. The summed E-state index contributed by atoms with van der Waals surface area (Å²) in [6.07, 6.45) is 1.23. The van der Waals surface area contributed by atoms with Crippen molar-refractivity contribution in [2.75, 3.05) is 7.11 Å². The summed E-state index contributed by atoms with van der Waals surface area (Å²) < 4.78 is 12.0. The van der Waals surface area contributed by atoms with Crippen molar-refractivity contribution in [3.05, 3.63) is 66.4 Å². The average molecular weight is 402 g/mol. The number of aromatic nitrogens is 2. The van der Waals surface area contributed by atoms with Crippen LogP contribution in [0.3, 0.4) is 0 Å². The minimum absolute atomic E-state index is 0.423. The van der Waals surface area contributed by atoms with Crippen molar-refractivity contribution in [1.29, 1.82) is 0 Å². The zero-order valence-electron chi connectivity index (χ0n) is 17.3. The molecule has 0 saturated carbocycles. The zero-order chi connectivity index (χ0) is 21.5. The SMILES string of the molecule is COC(=O)c1cc(-c2cn(C(=O)OC(C)(C)C)c3ccccc23)nc2ccccc12. The Morgan fingerprint density at radius 1 is 0.967 bits per heavy atom. The minimum atomic E-state index is -0.623. The van der Waals surface area contributed by atoms with E-state index in [2.05, 4.69) is 0 Å². The molecule has 0 aliphatic heterocycles. The van der Waals surface area contributed by atoms with Gasteiger partial charge in [0.2, 0.25) is 0 Å². The lowest BCUT2D eigenvalue weighted by atomic mass is 10.0. The molecule has 0 N–H and O–H groups in total. The number of pyridine rings is 1. The third-order valence-corrected chi connectivity index (χ3v) is 4.70. The van der Waals surface area contributed by atoms with Crippen LogP contribution in [0.5, 0.6) is 0 Å². The highest BCUT2D eigenvalue weighted by molar-refractivity contribution is 6.06. The van der Waals surface area contributed by atoms with Crippen LogP contribution in [0.2, 0.25) is 0 Å². The van der Waals surface area contributed by atoms with Crippen LogP contribution in [-0.4, -0.2) is 34.3 Å². The van der Waals surface area contributed by atoms with E-state index in [0.717, 1.165) is 10.9 Å². The first-order valence-corrected chi connectivity index (χ1v) is 9.60. The number of hydrogen-bond donors (Lipinski definition) is 0. The molecule has 0 saturated heterocycles. The third-order valence-electron chi connectivity index (χ3n) is 4.70. The van der Waals surface area contributed by atoms with Gasteiger partial charge in [-0.2, -0.15) is 0 Å². The van der Waals surface area contributed by atoms with Crippen molar-refractivity contribution in [2.24, 2.45) is 0 Å². The number of carbonyl (C=O) groups excluding carboxylic acids is 2. The van der Waals surface area contributed by atoms with Gasteiger partial charge in [0.25, 0.3) is 0 Å². The number of fused-ring (bicyclic) bond motifs is 2. The average Bonchev–Trinajstić information content (AvgIpc) is 3.11. The van der Waals surface area contributed by atoms with Gasteiger partial charge in [0.1, 0.15) is 5.60 Å². The quantitative estimate of drug-likeness (QED) is 0.418. The van der Waals surface area contributed by atoms with Gasteiger partial charge in [-0.25, -0.2) is 14.6 Å². The molecule has 30 heavy (non-hydrogen) atoms. The Hall–Kier alpha value is -3.67. The summed E-state index contributed by atoms with van der Waals surface area (Å²) in [5.41, 5.74) is 2.48. The third kappa shape index (κ3) is 3.52. The van der Waals surface area contributed by atoms with Gasteiger partial charge in [0, 0.05) is 22.5 Å². The molecule has 0 radical (unpaired) electrons. The van der Waals surface area contributed by atoms with E-state index in [0.29, 0.717) is 27.7 Å². The van der Waals surface area contributed by atoms with E-state index >= 15 is 0 Å². The Labute approximate surface area is 174 Å². The Kier molecular flexibility index (Phi) is 4.78. The van der Waals surface area contributed by atoms with Crippen LogP contribution in [0.1, 0.15) is 31.1 Å². The monoisotopic (exact) mass is 402 g/mol. The topological polar surface area (TPSA) is 70.4 Å². The van der Waals surface area contributed by atoms with Crippen molar-refractivity contribution >= 4 is 33.9 Å². The predicted molar refractivity (Wildman–Crippen MR) is 116 cm³/mol. The molecule has 0 spiro atoms. The van der Waals surface area contributed by atoms with Gasteiger partial charge in [-0.05, 0) is 39.0 Å². The van der Waals surface area contributed by atoms with E-state index < -0.39 is 17.7 Å². The molecule has 4 rings (SSSR count). The molecule has 0 aliphatic rings. The lowest BCUT2D eigenvalue weighted by Gasteiger charge is -2.19. The highest BCUT2D eigenvalue weighted by Crippen LogP contribution is 2.32. The van der Waals surface area contributed by atoms with E-state index in [9.17, 15) is 9.59 Å².